The molecule has 0 saturated carbocycles. The highest BCUT2D eigenvalue weighted by atomic mass is 19.4. The van der Waals surface area contributed by atoms with Gasteiger partial charge in [0.15, 0.2) is 0 Å². The number of fused-ring (bicyclic) bond motifs is 4. The minimum absolute atomic E-state index is 0.430. The number of alkyl halides is 3. The third-order valence-electron chi connectivity index (χ3n) is 6.26. The smallest absolute Gasteiger partial charge is 0.354 e. The van der Waals surface area contributed by atoms with Gasteiger partial charge in [-0.25, -0.2) is 0 Å². The number of rotatable bonds is 2. The Morgan fingerprint density at radius 3 is 2.47 bits per heavy atom. The van der Waals surface area contributed by atoms with Crippen LogP contribution in [0.4, 0.5) is 30.2 Å². The average molecular weight is 456 g/mol. The van der Waals surface area contributed by atoms with Gasteiger partial charge in [-0.1, -0.05) is 30.3 Å². The SMILES string of the molecule is CN1CN(c2cccc(C(F)(F)F)c2)c2c1cnc1ccc(-c3cnc4ccccc4c3)cc21. The van der Waals surface area contributed by atoms with E-state index in [1.165, 1.54) is 12.1 Å². The fourth-order valence-electron chi connectivity index (χ4n) is 4.56. The number of hydrogen-bond acceptors (Lipinski definition) is 4. The molecule has 0 radical (unpaired) electrons. The van der Waals surface area contributed by atoms with Crippen molar-refractivity contribution < 1.29 is 13.2 Å². The zero-order valence-corrected chi connectivity index (χ0v) is 18.2. The molecule has 2 aromatic heterocycles. The second-order valence-corrected chi connectivity index (χ2v) is 8.46. The lowest BCUT2D eigenvalue weighted by Crippen LogP contribution is -2.24. The second kappa shape index (κ2) is 7.45. The van der Waals surface area contributed by atoms with Crippen LogP contribution in [0.3, 0.4) is 0 Å². The van der Waals surface area contributed by atoms with Crippen LogP contribution in [0.15, 0.2) is 85.2 Å². The highest BCUT2D eigenvalue weighted by Crippen LogP contribution is 2.45. The molecule has 0 aliphatic carbocycles. The first-order valence-electron chi connectivity index (χ1n) is 10.8. The van der Waals surface area contributed by atoms with Crippen LogP contribution in [0.25, 0.3) is 32.9 Å². The van der Waals surface area contributed by atoms with Crippen molar-refractivity contribution >= 4 is 38.9 Å². The summed E-state index contributed by atoms with van der Waals surface area (Å²) in [4.78, 5) is 13.1. The molecule has 0 amide bonds. The van der Waals surface area contributed by atoms with E-state index in [4.69, 9.17) is 0 Å². The van der Waals surface area contributed by atoms with Crippen molar-refractivity contribution in [2.75, 3.05) is 23.5 Å². The number of halogens is 3. The van der Waals surface area contributed by atoms with Crippen LogP contribution >= 0.6 is 0 Å². The van der Waals surface area contributed by atoms with Crippen molar-refractivity contribution in [2.45, 2.75) is 6.18 Å². The maximum absolute atomic E-state index is 13.4. The molecule has 0 bridgehead atoms. The Kier molecular flexibility index (Phi) is 4.49. The predicted molar refractivity (Wildman–Crippen MR) is 129 cm³/mol. The average Bonchev–Trinajstić information content (AvgIpc) is 3.20. The van der Waals surface area contributed by atoms with Gasteiger partial charge in [0.05, 0.1) is 40.8 Å². The van der Waals surface area contributed by atoms with E-state index < -0.39 is 11.7 Å². The number of para-hydroxylation sites is 1. The fraction of sp³-hybridized carbons (Fsp3) is 0.111. The highest BCUT2D eigenvalue weighted by molar-refractivity contribution is 6.04. The Bertz CT molecular complexity index is 1560. The third-order valence-corrected chi connectivity index (χ3v) is 6.26. The zero-order valence-electron chi connectivity index (χ0n) is 18.2. The fourth-order valence-corrected chi connectivity index (χ4v) is 4.56. The van der Waals surface area contributed by atoms with E-state index in [1.807, 2.05) is 65.5 Å². The molecule has 5 aromatic rings. The van der Waals surface area contributed by atoms with Crippen LogP contribution in [0.1, 0.15) is 5.56 Å². The van der Waals surface area contributed by atoms with Crippen LogP contribution in [0.2, 0.25) is 0 Å². The molecule has 1 aliphatic rings. The summed E-state index contributed by atoms with van der Waals surface area (Å²) in [6, 6.07) is 21.5. The van der Waals surface area contributed by atoms with Crippen LogP contribution in [-0.4, -0.2) is 23.7 Å². The Morgan fingerprint density at radius 1 is 0.794 bits per heavy atom. The molecule has 0 unspecified atom stereocenters. The van der Waals surface area contributed by atoms with Crippen molar-refractivity contribution in [2.24, 2.45) is 0 Å². The lowest BCUT2D eigenvalue weighted by molar-refractivity contribution is -0.137. The second-order valence-electron chi connectivity index (χ2n) is 8.46. The summed E-state index contributed by atoms with van der Waals surface area (Å²) in [5, 5.41) is 1.92. The van der Waals surface area contributed by atoms with Gasteiger partial charge < -0.3 is 9.80 Å². The highest BCUT2D eigenvalue weighted by Gasteiger charge is 2.33. The van der Waals surface area contributed by atoms with Gasteiger partial charge in [0.25, 0.3) is 0 Å². The molecule has 0 saturated heterocycles. The molecule has 6 rings (SSSR count). The Balaban J connectivity index is 1.52. The van der Waals surface area contributed by atoms with Gasteiger partial charge in [0, 0.05) is 35.3 Å². The Morgan fingerprint density at radius 2 is 1.62 bits per heavy atom. The van der Waals surface area contributed by atoms with Crippen molar-refractivity contribution in [1.29, 1.82) is 0 Å². The lowest BCUT2D eigenvalue weighted by Gasteiger charge is -2.21. The normalized spacial score (nSPS) is 13.6. The number of aromatic nitrogens is 2. The molecule has 168 valence electrons. The van der Waals surface area contributed by atoms with Gasteiger partial charge >= 0.3 is 6.18 Å². The molecule has 0 atom stereocenters. The molecule has 4 nitrogen and oxygen atoms in total. The van der Waals surface area contributed by atoms with Gasteiger partial charge in [0.1, 0.15) is 0 Å². The standard InChI is InChI=1S/C27H19F3N4/c1-33-16-34(21-7-4-6-20(13-21)27(28,29)30)26-22-12-17(9-10-24(22)32-15-25(26)33)19-11-18-5-2-3-8-23(18)31-14-19/h2-15H,16H2,1H3. The first-order chi connectivity index (χ1) is 16.4. The lowest BCUT2D eigenvalue weighted by atomic mass is 10.0. The molecule has 7 heteroatoms. The number of anilines is 3. The van der Waals surface area contributed by atoms with Crippen LogP contribution in [0.5, 0.6) is 0 Å². The topological polar surface area (TPSA) is 32.3 Å². The zero-order chi connectivity index (χ0) is 23.4. The molecule has 0 fully saturated rings. The minimum Gasteiger partial charge on any atom is -0.354 e. The van der Waals surface area contributed by atoms with Crippen molar-refractivity contribution in [1.82, 2.24) is 9.97 Å². The number of nitrogens with zero attached hydrogens (tertiary/aromatic N) is 4. The minimum atomic E-state index is -4.40. The summed E-state index contributed by atoms with van der Waals surface area (Å²) in [6.07, 6.45) is -0.777. The van der Waals surface area contributed by atoms with Crippen molar-refractivity contribution in [3.05, 3.63) is 90.8 Å². The van der Waals surface area contributed by atoms with E-state index in [0.717, 1.165) is 50.4 Å². The van der Waals surface area contributed by atoms with E-state index in [-0.39, 0.29) is 0 Å². The Hall–Kier alpha value is -4.13. The van der Waals surface area contributed by atoms with Crippen LogP contribution in [-0.2, 0) is 6.18 Å². The molecule has 1 aliphatic heterocycles. The summed E-state index contributed by atoms with van der Waals surface area (Å²) in [5.74, 6) is 0. The van der Waals surface area contributed by atoms with Gasteiger partial charge in [-0.3, -0.25) is 9.97 Å². The summed E-state index contributed by atoms with van der Waals surface area (Å²) < 4.78 is 40.2. The summed E-state index contributed by atoms with van der Waals surface area (Å²) in [6.45, 7) is 0.430. The van der Waals surface area contributed by atoms with Crippen molar-refractivity contribution in [3.63, 3.8) is 0 Å². The van der Waals surface area contributed by atoms with Crippen LogP contribution in [0, 0.1) is 0 Å². The maximum atomic E-state index is 13.4. The summed E-state index contributed by atoms with van der Waals surface area (Å²) in [5.41, 5.74) is 5.19. The van der Waals surface area contributed by atoms with E-state index in [0.29, 0.717) is 12.4 Å². The third kappa shape index (κ3) is 3.32. The summed E-state index contributed by atoms with van der Waals surface area (Å²) in [7, 11) is 1.91. The van der Waals surface area contributed by atoms with Crippen molar-refractivity contribution in [3.8, 4) is 11.1 Å². The van der Waals surface area contributed by atoms with Crippen LogP contribution < -0.4 is 9.80 Å². The molecule has 0 N–H and O–H groups in total. The van der Waals surface area contributed by atoms with Gasteiger partial charge in [-0.2, -0.15) is 13.2 Å². The number of benzene rings is 3. The Labute approximate surface area is 193 Å². The van der Waals surface area contributed by atoms with E-state index in [2.05, 4.69) is 16.0 Å². The molecular formula is C27H19F3N4. The monoisotopic (exact) mass is 456 g/mol. The molecular weight excluding hydrogens is 437 g/mol. The first-order valence-corrected chi connectivity index (χ1v) is 10.8. The van der Waals surface area contributed by atoms with Gasteiger partial charge in [-0.05, 0) is 48.0 Å². The van der Waals surface area contributed by atoms with E-state index in [1.54, 1.807) is 12.3 Å². The van der Waals surface area contributed by atoms with Gasteiger partial charge in [0.2, 0.25) is 0 Å². The molecule has 0 spiro atoms. The summed E-state index contributed by atoms with van der Waals surface area (Å²) >= 11 is 0. The first kappa shape index (κ1) is 20.5. The molecule has 34 heavy (non-hydrogen) atoms. The van der Waals surface area contributed by atoms with E-state index in [9.17, 15) is 13.2 Å². The van der Waals surface area contributed by atoms with Gasteiger partial charge in [-0.15, -0.1) is 0 Å². The molecule has 3 aromatic carbocycles. The number of hydrogen-bond donors (Lipinski definition) is 0. The predicted octanol–water partition coefficient (Wildman–Crippen LogP) is 7.01. The quantitative estimate of drug-likeness (QED) is 0.286. The largest absolute Gasteiger partial charge is 0.416 e. The van der Waals surface area contributed by atoms with E-state index >= 15 is 0 Å². The maximum Gasteiger partial charge on any atom is 0.416 e. The molecule has 3 heterocycles. The number of pyridine rings is 2.